The molecule has 0 aliphatic carbocycles. The van der Waals surface area contributed by atoms with Crippen LogP contribution in [-0.2, 0) is 9.47 Å². The van der Waals surface area contributed by atoms with Crippen LogP contribution in [0.3, 0.4) is 0 Å². The summed E-state index contributed by atoms with van der Waals surface area (Å²) in [6.45, 7) is 5.75. The Morgan fingerprint density at radius 1 is 1.38 bits per heavy atom. The van der Waals surface area contributed by atoms with Gasteiger partial charge in [0.15, 0.2) is 0 Å². The van der Waals surface area contributed by atoms with Gasteiger partial charge in [0.2, 0.25) is 0 Å². The molecule has 4 nitrogen and oxygen atoms in total. The zero-order valence-electron chi connectivity index (χ0n) is 9.99. The van der Waals surface area contributed by atoms with E-state index < -0.39 is 0 Å². The van der Waals surface area contributed by atoms with Gasteiger partial charge in [-0.25, -0.2) is 0 Å². The fourth-order valence-corrected chi connectivity index (χ4v) is 1.94. The minimum absolute atomic E-state index is 0.109. The number of nitrogens with two attached hydrogens (primary N) is 1. The summed E-state index contributed by atoms with van der Waals surface area (Å²) < 4.78 is 11.0. The minimum atomic E-state index is 0.109. The number of ether oxygens (including phenoxy) is 2. The van der Waals surface area contributed by atoms with Gasteiger partial charge in [-0.1, -0.05) is 18.9 Å². The highest BCUT2D eigenvalue weighted by molar-refractivity contribution is 4.77. The maximum absolute atomic E-state index is 5.63. The molecule has 2 atom stereocenters. The van der Waals surface area contributed by atoms with Crippen LogP contribution >= 0.6 is 0 Å². The second-order valence-electron chi connectivity index (χ2n) is 4.18. The quantitative estimate of drug-likeness (QED) is 0.285. The van der Waals surface area contributed by atoms with Crippen molar-refractivity contribution in [1.82, 2.24) is 5.43 Å². The van der Waals surface area contributed by atoms with Crippen molar-refractivity contribution in [3.63, 3.8) is 0 Å². The van der Waals surface area contributed by atoms with Gasteiger partial charge in [-0.3, -0.25) is 11.3 Å². The van der Waals surface area contributed by atoms with Crippen LogP contribution in [0.1, 0.15) is 32.1 Å². The second-order valence-corrected chi connectivity index (χ2v) is 4.18. The van der Waals surface area contributed by atoms with Crippen LogP contribution in [0.15, 0.2) is 12.7 Å². The summed E-state index contributed by atoms with van der Waals surface area (Å²) in [5.41, 5.74) is 2.84. The molecule has 94 valence electrons. The maximum Gasteiger partial charge on any atom is 0.0975 e. The number of allylic oxidation sites excluding steroid dienone is 1. The highest BCUT2D eigenvalue weighted by Crippen LogP contribution is 2.12. The van der Waals surface area contributed by atoms with Crippen LogP contribution in [0.5, 0.6) is 0 Å². The number of rotatable bonds is 8. The molecule has 0 saturated carbocycles. The van der Waals surface area contributed by atoms with Gasteiger partial charge in [0.25, 0.3) is 0 Å². The molecular weight excluding hydrogens is 204 g/mol. The van der Waals surface area contributed by atoms with Crippen molar-refractivity contribution in [3.05, 3.63) is 12.7 Å². The molecule has 2 unspecified atom stereocenters. The third kappa shape index (κ3) is 5.07. The molecule has 4 heteroatoms. The molecule has 0 aromatic rings. The van der Waals surface area contributed by atoms with Crippen LogP contribution in [-0.4, -0.2) is 32.0 Å². The van der Waals surface area contributed by atoms with E-state index in [4.69, 9.17) is 15.3 Å². The molecule has 1 aliphatic heterocycles. The molecule has 3 N–H and O–H groups in total. The minimum Gasteiger partial charge on any atom is -0.376 e. The summed E-state index contributed by atoms with van der Waals surface area (Å²) >= 11 is 0. The highest BCUT2D eigenvalue weighted by atomic mass is 16.6. The maximum atomic E-state index is 5.63. The van der Waals surface area contributed by atoms with Gasteiger partial charge in [-0.2, -0.15) is 0 Å². The van der Waals surface area contributed by atoms with Crippen molar-refractivity contribution in [3.8, 4) is 0 Å². The molecule has 0 amide bonds. The topological polar surface area (TPSA) is 56.5 Å². The number of hydrogen-bond acceptors (Lipinski definition) is 4. The van der Waals surface area contributed by atoms with Crippen LogP contribution in [0.25, 0.3) is 0 Å². The van der Waals surface area contributed by atoms with Crippen molar-refractivity contribution in [1.29, 1.82) is 0 Å². The van der Waals surface area contributed by atoms with Crippen molar-refractivity contribution in [2.75, 3.05) is 19.8 Å². The van der Waals surface area contributed by atoms with Gasteiger partial charge >= 0.3 is 0 Å². The lowest BCUT2D eigenvalue weighted by molar-refractivity contribution is -0.102. The van der Waals surface area contributed by atoms with E-state index in [0.29, 0.717) is 19.8 Å². The van der Waals surface area contributed by atoms with E-state index >= 15 is 0 Å². The summed E-state index contributed by atoms with van der Waals surface area (Å²) in [6.07, 6.45) is 7.82. The molecular formula is C12H24N2O2. The Balaban J connectivity index is 2.12. The molecule has 0 aromatic carbocycles. The Bertz CT molecular complexity index is 182. The summed E-state index contributed by atoms with van der Waals surface area (Å²) in [5, 5.41) is 0. The molecule has 0 bridgehead atoms. The zero-order chi connectivity index (χ0) is 11.6. The molecule has 16 heavy (non-hydrogen) atoms. The monoisotopic (exact) mass is 228 g/mol. The molecule has 0 aromatic heterocycles. The molecule has 1 aliphatic rings. The normalized spacial score (nSPS) is 22.9. The van der Waals surface area contributed by atoms with E-state index in [1.807, 2.05) is 6.08 Å². The first kappa shape index (κ1) is 13.6. The number of nitrogens with one attached hydrogen (secondary N) is 1. The van der Waals surface area contributed by atoms with Crippen molar-refractivity contribution >= 4 is 0 Å². The standard InChI is InChI=1S/C12H24N2O2/c1-2-3-4-5-6-7-11(14-13)12-10-15-8-9-16-12/h2,11-12,14H,1,3-10,13H2. The predicted octanol–water partition coefficient (Wildman–Crippen LogP) is 1.37. The molecule has 1 rings (SSSR count). The van der Waals surface area contributed by atoms with E-state index in [2.05, 4.69) is 12.0 Å². The number of hydrogen-bond donors (Lipinski definition) is 2. The third-order valence-electron chi connectivity index (χ3n) is 2.93. The third-order valence-corrected chi connectivity index (χ3v) is 2.93. The molecule has 0 spiro atoms. The summed E-state index contributed by atoms with van der Waals surface area (Å²) in [7, 11) is 0. The van der Waals surface area contributed by atoms with E-state index in [-0.39, 0.29) is 12.1 Å². The van der Waals surface area contributed by atoms with Crippen molar-refractivity contribution < 1.29 is 9.47 Å². The molecule has 1 heterocycles. The van der Waals surface area contributed by atoms with Crippen molar-refractivity contribution in [2.24, 2.45) is 5.84 Å². The largest absolute Gasteiger partial charge is 0.376 e. The van der Waals surface area contributed by atoms with E-state index in [0.717, 1.165) is 12.8 Å². The zero-order valence-corrected chi connectivity index (χ0v) is 9.99. The van der Waals surface area contributed by atoms with Crippen LogP contribution < -0.4 is 11.3 Å². The van der Waals surface area contributed by atoms with Crippen LogP contribution in [0, 0.1) is 0 Å². The molecule has 1 saturated heterocycles. The Morgan fingerprint density at radius 3 is 2.88 bits per heavy atom. The smallest absolute Gasteiger partial charge is 0.0975 e. The molecule has 0 radical (unpaired) electrons. The van der Waals surface area contributed by atoms with Gasteiger partial charge in [-0.05, 0) is 19.3 Å². The lowest BCUT2D eigenvalue weighted by atomic mass is 10.0. The first-order valence-corrected chi connectivity index (χ1v) is 6.15. The van der Waals surface area contributed by atoms with Gasteiger partial charge in [0.1, 0.15) is 0 Å². The van der Waals surface area contributed by atoms with Crippen LogP contribution in [0.4, 0.5) is 0 Å². The predicted molar refractivity (Wildman–Crippen MR) is 65.0 cm³/mol. The first-order valence-electron chi connectivity index (χ1n) is 6.15. The number of unbranched alkanes of at least 4 members (excludes halogenated alkanes) is 3. The summed E-state index contributed by atoms with van der Waals surface area (Å²) in [4.78, 5) is 0. The summed E-state index contributed by atoms with van der Waals surface area (Å²) in [5.74, 6) is 5.54. The van der Waals surface area contributed by atoms with Gasteiger partial charge in [-0.15, -0.1) is 6.58 Å². The Labute approximate surface area is 98.1 Å². The van der Waals surface area contributed by atoms with Gasteiger partial charge < -0.3 is 9.47 Å². The molecule has 1 fully saturated rings. The average Bonchev–Trinajstić information content (AvgIpc) is 2.35. The first-order chi connectivity index (χ1) is 7.88. The van der Waals surface area contributed by atoms with E-state index in [9.17, 15) is 0 Å². The van der Waals surface area contributed by atoms with Gasteiger partial charge in [0.05, 0.1) is 25.9 Å². The number of hydrazine groups is 1. The van der Waals surface area contributed by atoms with Crippen LogP contribution in [0.2, 0.25) is 0 Å². The van der Waals surface area contributed by atoms with Crippen molar-refractivity contribution in [2.45, 2.75) is 44.2 Å². The lowest BCUT2D eigenvalue weighted by Crippen LogP contribution is -2.49. The average molecular weight is 228 g/mol. The summed E-state index contributed by atoms with van der Waals surface area (Å²) in [6, 6.07) is 0.212. The van der Waals surface area contributed by atoms with E-state index in [1.165, 1.54) is 19.3 Å². The lowest BCUT2D eigenvalue weighted by Gasteiger charge is -2.30. The van der Waals surface area contributed by atoms with E-state index in [1.54, 1.807) is 0 Å². The van der Waals surface area contributed by atoms with Gasteiger partial charge in [0, 0.05) is 6.04 Å². The second kappa shape index (κ2) is 8.70. The Kier molecular flexibility index (Phi) is 7.42. The Hall–Kier alpha value is -0.420. The SMILES string of the molecule is C=CCCCCCC(NN)C1COCCO1. The fourth-order valence-electron chi connectivity index (χ4n) is 1.94. The fraction of sp³-hybridized carbons (Fsp3) is 0.833. The highest BCUT2D eigenvalue weighted by Gasteiger charge is 2.23. The Morgan fingerprint density at radius 2 is 2.25 bits per heavy atom.